The minimum Gasteiger partial charge on any atom is -0.294 e. The zero-order valence-corrected chi connectivity index (χ0v) is 20.8. The molecule has 3 aromatic carbocycles. The zero-order chi connectivity index (χ0) is 27.2. The van der Waals surface area contributed by atoms with Gasteiger partial charge >= 0.3 is 0 Å². The number of ketones is 1. The van der Waals surface area contributed by atoms with Crippen molar-refractivity contribution in [2.24, 2.45) is 0 Å². The standard InChI is InChI=1S/C31H22F2N4O2/c32-26-12-10-23(17-27(26)33)20-37-31(39)25(14-15-35-37)29(38)9-5-4-8-22-11-13-28-24(16-22)19-34-30(36-28)18-21-6-2-1-3-7-21/h1-3,6-7,10-17,19H,5,9,18,20H2. The summed E-state index contributed by atoms with van der Waals surface area (Å²) >= 11 is 0. The third kappa shape index (κ3) is 6.28. The molecule has 6 nitrogen and oxygen atoms in total. The summed E-state index contributed by atoms with van der Waals surface area (Å²) in [7, 11) is 0. The molecule has 0 aliphatic heterocycles. The average molecular weight is 521 g/mol. The van der Waals surface area contributed by atoms with Crippen molar-refractivity contribution in [1.29, 1.82) is 0 Å². The molecular formula is C31H22F2N4O2. The van der Waals surface area contributed by atoms with E-state index in [1.165, 1.54) is 18.3 Å². The Kier molecular flexibility index (Phi) is 7.60. The number of nitrogens with zero attached hydrogens (tertiary/aromatic N) is 4. The highest BCUT2D eigenvalue weighted by Crippen LogP contribution is 2.15. The first kappa shape index (κ1) is 25.6. The van der Waals surface area contributed by atoms with Gasteiger partial charge in [0.15, 0.2) is 17.4 Å². The molecule has 0 aliphatic carbocycles. The van der Waals surface area contributed by atoms with E-state index in [-0.39, 0.29) is 30.7 Å². The van der Waals surface area contributed by atoms with Gasteiger partial charge in [-0.15, -0.1) is 0 Å². The Hall–Kier alpha value is -5.03. The monoisotopic (exact) mass is 520 g/mol. The summed E-state index contributed by atoms with van der Waals surface area (Å²) in [6.07, 6.45) is 4.08. The summed E-state index contributed by atoms with van der Waals surface area (Å²) in [6.45, 7) is -0.0869. The first-order valence-electron chi connectivity index (χ1n) is 12.3. The molecule has 0 saturated heterocycles. The van der Waals surface area contributed by atoms with Gasteiger partial charge in [-0.2, -0.15) is 5.10 Å². The molecule has 0 radical (unpaired) electrons. The van der Waals surface area contributed by atoms with Gasteiger partial charge in [-0.05, 0) is 47.5 Å². The second-order valence-electron chi connectivity index (χ2n) is 8.90. The van der Waals surface area contributed by atoms with E-state index in [2.05, 4.69) is 26.9 Å². The maximum Gasteiger partial charge on any atom is 0.277 e. The van der Waals surface area contributed by atoms with Gasteiger partial charge in [0.2, 0.25) is 0 Å². The zero-order valence-electron chi connectivity index (χ0n) is 20.8. The molecule has 0 aliphatic rings. The van der Waals surface area contributed by atoms with Crippen LogP contribution < -0.4 is 5.56 Å². The van der Waals surface area contributed by atoms with Crippen LogP contribution in [0, 0.1) is 23.5 Å². The third-order valence-corrected chi connectivity index (χ3v) is 6.07. The lowest BCUT2D eigenvalue weighted by molar-refractivity contribution is 0.0982. The predicted molar refractivity (Wildman–Crippen MR) is 143 cm³/mol. The Balaban J connectivity index is 1.22. The topological polar surface area (TPSA) is 77.7 Å². The highest BCUT2D eigenvalue weighted by molar-refractivity contribution is 5.95. The molecule has 0 fully saturated rings. The molecule has 0 atom stereocenters. The van der Waals surface area contributed by atoms with Crippen molar-refractivity contribution in [2.75, 3.05) is 0 Å². The van der Waals surface area contributed by atoms with Crippen LogP contribution >= 0.6 is 0 Å². The number of hydrogen-bond donors (Lipinski definition) is 0. The summed E-state index contributed by atoms with van der Waals surface area (Å²) in [5, 5.41) is 4.82. The van der Waals surface area contributed by atoms with Gasteiger partial charge in [0, 0.05) is 42.6 Å². The van der Waals surface area contributed by atoms with Gasteiger partial charge in [-0.25, -0.2) is 23.4 Å². The minimum atomic E-state index is -1.02. The number of fused-ring (bicyclic) bond motifs is 1. The number of rotatable bonds is 7. The molecule has 5 rings (SSSR count). The molecule has 0 spiro atoms. The number of benzene rings is 3. The van der Waals surface area contributed by atoms with Crippen LogP contribution in [0.2, 0.25) is 0 Å². The van der Waals surface area contributed by atoms with Crippen molar-refractivity contribution < 1.29 is 13.6 Å². The summed E-state index contributed by atoms with van der Waals surface area (Å²) in [6, 6.07) is 20.4. The third-order valence-electron chi connectivity index (χ3n) is 6.07. The van der Waals surface area contributed by atoms with Crippen LogP contribution in [0.15, 0.2) is 90.0 Å². The van der Waals surface area contributed by atoms with Crippen molar-refractivity contribution in [2.45, 2.75) is 25.8 Å². The Morgan fingerprint density at radius 3 is 2.59 bits per heavy atom. The van der Waals surface area contributed by atoms with E-state index in [0.717, 1.165) is 44.7 Å². The second kappa shape index (κ2) is 11.6. The Morgan fingerprint density at radius 1 is 0.923 bits per heavy atom. The first-order valence-corrected chi connectivity index (χ1v) is 12.3. The number of carbonyl (C=O) groups is 1. The number of halogens is 2. The maximum atomic E-state index is 13.5. The Labute approximate surface area is 223 Å². The summed E-state index contributed by atoms with van der Waals surface area (Å²) in [5.41, 5.74) is 2.47. The number of aromatic nitrogens is 4. The van der Waals surface area contributed by atoms with Crippen LogP contribution in [-0.2, 0) is 13.0 Å². The van der Waals surface area contributed by atoms with E-state index in [9.17, 15) is 18.4 Å². The van der Waals surface area contributed by atoms with Crippen LogP contribution in [0.5, 0.6) is 0 Å². The van der Waals surface area contributed by atoms with E-state index in [1.54, 1.807) is 6.20 Å². The van der Waals surface area contributed by atoms with Crippen molar-refractivity contribution in [1.82, 2.24) is 19.7 Å². The fraction of sp³-hybridized carbons (Fsp3) is 0.129. The second-order valence-corrected chi connectivity index (χ2v) is 8.90. The summed E-state index contributed by atoms with van der Waals surface area (Å²) in [4.78, 5) is 34.5. The van der Waals surface area contributed by atoms with Crippen molar-refractivity contribution in [3.8, 4) is 11.8 Å². The lowest BCUT2D eigenvalue weighted by atomic mass is 10.1. The average Bonchev–Trinajstić information content (AvgIpc) is 2.94. The molecule has 8 heteroatoms. The van der Waals surface area contributed by atoms with E-state index in [0.29, 0.717) is 12.0 Å². The largest absolute Gasteiger partial charge is 0.294 e. The fourth-order valence-electron chi connectivity index (χ4n) is 4.08. The van der Waals surface area contributed by atoms with E-state index in [4.69, 9.17) is 0 Å². The van der Waals surface area contributed by atoms with Crippen LogP contribution in [0.3, 0.4) is 0 Å². The molecule has 192 valence electrons. The Morgan fingerprint density at radius 2 is 1.77 bits per heavy atom. The molecule has 0 bridgehead atoms. The lowest BCUT2D eigenvalue weighted by Gasteiger charge is -2.07. The quantitative estimate of drug-likeness (QED) is 0.220. The van der Waals surface area contributed by atoms with Gasteiger partial charge in [0.1, 0.15) is 5.82 Å². The van der Waals surface area contributed by atoms with E-state index in [1.807, 2.05) is 48.5 Å². The van der Waals surface area contributed by atoms with Crippen molar-refractivity contribution >= 4 is 16.7 Å². The van der Waals surface area contributed by atoms with Crippen LogP contribution in [0.25, 0.3) is 10.9 Å². The predicted octanol–water partition coefficient (Wildman–Crippen LogP) is 5.12. The molecule has 0 N–H and O–H groups in total. The van der Waals surface area contributed by atoms with E-state index < -0.39 is 17.2 Å². The molecule has 2 heterocycles. The molecule has 0 unspecified atom stereocenters. The minimum absolute atomic E-state index is 0.0245. The van der Waals surface area contributed by atoms with Gasteiger partial charge in [-0.1, -0.05) is 48.2 Å². The highest BCUT2D eigenvalue weighted by Gasteiger charge is 2.13. The molecule has 0 saturated carbocycles. The summed E-state index contributed by atoms with van der Waals surface area (Å²) in [5.74, 6) is 4.41. The van der Waals surface area contributed by atoms with Crippen LogP contribution in [0.1, 0.15) is 45.7 Å². The molecular weight excluding hydrogens is 498 g/mol. The van der Waals surface area contributed by atoms with Gasteiger partial charge in [0.25, 0.3) is 5.56 Å². The number of hydrogen-bond acceptors (Lipinski definition) is 5. The van der Waals surface area contributed by atoms with Crippen LogP contribution in [0.4, 0.5) is 8.78 Å². The summed E-state index contributed by atoms with van der Waals surface area (Å²) < 4.78 is 27.7. The highest BCUT2D eigenvalue weighted by atomic mass is 19.2. The normalized spacial score (nSPS) is 10.7. The smallest absolute Gasteiger partial charge is 0.277 e. The Bertz CT molecular complexity index is 1790. The molecule has 0 amide bonds. The van der Waals surface area contributed by atoms with Gasteiger partial charge in [0.05, 0.1) is 17.6 Å². The molecule has 5 aromatic rings. The van der Waals surface area contributed by atoms with Crippen LogP contribution in [-0.4, -0.2) is 25.5 Å². The lowest BCUT2D eigenvalue weighted by Crippen LogP contribution is -2.28. The first-order chi connectivity index (χ1) is 19.0. The molecule has 2 aromatic heterocycles. The number of Topliss-reactive ketones (excluding diaryl/α,β-unsaturated/α-hetero) is 1. The van der Waals surface area contributed by atoms with Crippen molar-refractivity contribution in [3.63, 3.8) is 0 Å². The fourth-order valence-corrected chi connectivity index (χ4v) is 4.08. The van der Waals surface area contributed by atoms with E-state index >= 15 is 0 Å². The van der Waals surface area contributed by atoms with Gasteiger partial charge < -0.3 is 0 Å². The van der Waals surface area contributed by atoms with Crippen molar-refractivity contribution in [3.05, 3.63) is 135 Å². The van der Waals surface area contributed by atoms with Gasteiger partial charge in [-0.3, -0.25) is 9.59 Å². The SMILES string of the molecule is O=C(CCC#Cc1ccc2nc(Cc3ccccc3)ncc2c1)c1ccnn(Cc2ccc(F)c(F)c2)c1=O. The molecule has 39 heavy (non-hydrogen) atoms. The number of carbonyl (C=O) groups excluding carboxylic acids is 1. The maximum absolute atomic E-state index is 13.5.